The van der Waals surface area contributed by atoms with Crippen LogP contribution in [0.25, 0.3) is 10.9 Å². The predicted octanol–water partition coefficient (Wildman–Crippen LogP) is 4.14. The van der Waals surface area contributed by atoms with Gasteiger partial charge in [0.2, 0.25) is 11.8 Å². The third-order valence-electron chi connectivity index (χ3n) is 5.45. The number of nitrogens with zero attached hydrogens (tertiary/aromatic N) is 4. The van der Waals surface area contributed by atoms with Crippen LogP contribution in [0.5, 0.6) is 0 Å². The molecule has 8 nitrogen and oxygen atoms in total. The van der Waals surface area contributed by atoms with Gasteiger partial charge in [0.1, 0.15) is 0 Å². The molecule has 2 aromatic heterocycles. The zero-order chi connectivity index (χ0) is 24.0. The van der Waals surface area contributed by atoms with E-state index in [9.17, 15) is 9.59 Å². The van der Waals surface area contributed by atoms with Crippen molar-refractivity contribution in [2.45, 2.75) is 58.2 Å². The summed E-state index contributed by atoms with van der Waals surface area (Å²) in [5.74, 6) is 0.175. The maximum absolute atomic E-state index is 13.2. The number of hydrogen-bond donors (Lipinski definition) is 1. The Morgan fingerprint density at radius 1 is 1.21 bits per heavy atom. The maximum Gasteiger partial charge on any atom is 0.262 e. The predicted molar refractivity (Wildman–Crippen MR) is 133 cm³/mol. The molecule has 1 amide bonds. The second kappa shape index (κ2) is 11.0. The summed E-state index contributed by atoms with van der Waals surface area (Å²) in [5.41, 5.74) is 1.16. The Morgan fingerprint density at radius 2 is 1.94 bits per heavy atom. The SMILES string of the molecule is CCN(CC)CCCn1c(SCC(=O)Nc2cc(C(C)(C)C)no2)nc2ccccc2c1=O. The molecule has 33 heavy (non-hydrogen) atoms. The molecule has 178 valence electrons. The second-order valence-corrected chi connectivity index (χ2v) is 9.85. The number of carbonyl (C=O) groups is 1. The van der Waals surface area contributed by atoms with Gasteiger partial charge in [-0.2, -0.15) is 0 Å². The van der Waals surface area contributed by atoms with Crippen molar-refractivity contribution in [3.8, 4) is 0 Å². The van der Waals surface area contributed by atoms with Crippen LogP contribution in [0, 0.1) is 0 Å². The molecular weight excluding hydrogens is 438 g/mol. The van der Waals surface area contributed by atoms with Crippen molar-refractivity contribution in [2.75, 3.05) is 30.7 Å². The smallest absolute Gasteiger partial charge is 0.262 e. The molecule has 1 N–H and O–H groups in total. The van der Waals surface area contributed by atoms with Crippen LogP contribution in [-0.4, -0.2) is 50.9 Å². The van der Waals surface area contributed by atoms with Crippen LogP contribution in [0.1, 0.15) is 46.7 Å². The quantitative estimate of drug-likeness (QED) is 0.351. The Bertz CT molecular complexity index is 1140. The first-order chi connectivity index (χ1) is 15.7. The molecule has 9 heteroatoms. The summed E-state index contributed by atoms with van der Waals surface area (Å²) >= 11 is 1.25. The zero-order valence-corrected chi connectivity index (χ0v) is 20.9. The summed E-state index contributed by atoms with van der Waals surface area (Å²) in [6.07, 6.45) is 0.828. The van der Waals surface area contributed by atoms with E-state index in [4.69, 9.17) is 4.52 Å². The molecule has 2 heterocycles. The first-order valence-electron chi connectivity index (χ1n) is 11.3. The van der Waals surface area contributed by atoms with Gasteiger partial charge in [0.15, 0.2) is 5.16 Å². The molecule has 0 aliphatic rings. The minimum atomic E-state index is -0.242. The van der Waals surface area contributed by atoms with E-state index in [0.29, 0.717) is 28.5 Å². The second-order valence-electron chi connectivity index (χ2n) is 8.91. The number of carbonyl (C=O) groups excluding carboxylic acids is 1. The standard InChI is InChI=1S/C24H33N5O3S/c1-6-28(7-2)13-10-14-29-22(31)17-11-8-9-12-18(17)25-23(29)33-16-20(30)26-21-15-19(27-32-21)24(3,4)5/h8-9,11-12,15H,6-7,10,13-14,16H2,1-5H3,(H,26,30). The summed E-state index contributed by atoms with van der Waals surface area (Å²) in [4.78, 5) is 32.7. The first kappa shape index (κ1) is 25.0. The highest BCUT2D eigenvalue weighted by atomic mass is 32.2. The number of hydrogen-bond acceptors (Lipinski definition) is 7. The van der Waals surface area contributed by atoms with Crippen LogP contribution in [0.3, 0.4) is 0 Å². The number of nitrogens with one attached hydrogen (secondary N) is 1. The number of rotatable bonds is 10. The van der Waals surface area contributed by atoms with Crippen LogP contribution in [0.2, 0.25) is 0 Å². The van der Waals surface area contributed by atoms with Gasteiger partial charge in [-0.15, -0.1) is 0 Å². The highest BCUT2D eigenvalue weighted by molar-refractivity contribution is 7.99. The molecule has 1 aromatic carbocycles. The first-order valence-corrected chi connectivity index (χ1v) is 12.3. The van der Waals surface area contributed by atoms with E-state index < -0.39 is 0 Å². The molecule has 0 bridgehead atoms. The van der Waals surface area contributed by atoms with Gasteiger partial charge in [0.05, 0.1) is 22.3 Å². The Labute approximate surface area is 198 Å². The van der Waals surface area contributed by atoms with Crippen molar-refractivity contribution in [3.05, 3.63) is 46.4 Å². The third-order valence-corrected chi connectivity index (χ3v) is 6.43. The number of aromatic nitrogens is 3. The van der Waals surface area contributed by atoms with Crippen molar-refractivity contribution >= 4 is 34.5 Å². The van der Waals surface area contributed by atoms with Crippen molar-refractivity contribution < 1.29 is 9.32 Å². The van der Waals surface area contributed by atoms with Gasteiger partial charge in [0, 0.05) is 18.0 Å². The lowest BCUT2D eigenvalue weighted by atomic mass is 9.92. The van der Waals surface area contributed by atoms with Gasteiger partial charge in [0.25, 0.3) is 5.56 Å². The maximum atomic E-state index is 13.2. The average molecular weight is 472 g/mol. The molecule has 3 rings (SSSR count). The normalized spacial score (nSPS) is 11.9. The Hall–Kier alpha value is -2.65. The van der Waals surface area contributed by atoms with E-state index in [-0.39, 0.29) is 22.6 Å². The van der Waals surface area contributed by atoms with Crippen molar-refractivity contribution in [1.82, 2.24) is 19.6 Å². The van der Waals surface area contributed by atoms with Gasteiger partial charge in [-0.25, -0.2) is 4.98 Å². The Kier molecular flexibility index (Phi) is 8.31. The van der Waals surface area contributed by atoms with Crippen LogP contribution in [0.4, 0.5) is 5.88 Å². The van der Waals surface area contributed by atoms with E-state index in [1.165, 1.54) is 11.8 Å². The largest absolute Gasteiger partial charge is 0.338 e. The van der Waals surface area contributed by atoms with E-state index in [2.05, 4.69) is 34.2 Å². The molecule has 0 saturated heterocycles. The number of fused-ring (bicyclic) bond motifs is 1. The van der Waals surface area contributed by atoms with Gasteiger partial charge in [-0.3, -0.25) is 19.5 Å². The highest BCUT2D eigenvalue weighted by Crippen LogP contribution is 2.24. The molecule has 0 atom stereocenters. The van der Waals surface area contributed by atoms with E-state index >= 15 is 0 Å². The molecule has 0 radical (unpaired) electrons. The lowest BCUT2D eigenvalue weighted by Gasteiger charge is -2.19. The fourth-order valence-electron chi connectivity index (χ4n) is 3.44. The van der Waals surface area contributed by atoms with Crippen LogP contribution < -0.4 is 10.9 Å². The minimum absolute atomic E-state index is 0.0758. The van der Waals surface area contributed by atoms with Crippen molar-refractivity contribution in [1.29, 1.82) is 0 Å². The molecule has 0 aliphatic carbocycles. The number of amides is 1. The summed E-state index contributed by atoms with van der Waals surface area (Å²) in [7, 11) is 0. The summed E-state index contributed by atoms with van der Waals surface area (Å²) in [6, 6.07) is 9.06. The lowest BCUT2D eigenvalue weighted by Crippen LogP contribution is -2.28. The van der Waals surface area contributed by atoms with Gasteiger partial charge < -0.3 is 9.42 Å². The molecule has 0 unspecified atom stereocenters. The number of anilines is 1. The Morgan fingerprint density at radius 3 is 2.61 bits per heavy atom. The van der Waals surface area contributed by atoms with Crippen LogP contribution >= 0.6 is 11.8 Å². The van der Waals surface area contributed by atoms with Gasteiger partial charge in [-0.05, 0) is 38.2 Å². The van der Waals surface area contributed by atoms with Crippen LogP contribution in [-0.2, 0) is 16.8 Å². The summed E-state index contributed by atoms with van der Waals surface area (Å²) < 4.78 is 6.93. The van der Waals surface area contributed by atoms with Gasteiger partial charge in [-0.1, -0.05) is 63.7 Å². The van der Waals surface area contributed by atoms with E-state index in [1.54, 1.807) is 16.7 Å². The lowest BCUT2D eigenvalue weighted by molar-refractivity contribution is -0.113. The molecular formula is C24H33N5O3S. The van der Waals surface area contributed by atoms with E-state index in [0.717, 1.165) is 31.7 Å². The van der Waals surface area contributed by atoms with E-state index in [1.807, 2.05) is 39.0 Å². The van der Waals surface area contributed by atoms with Crippen LogP contribution in [0.15, 0.2) is 44.8 Å². The molecule has 3 aromatic rings. The monoisotopic (exact) mass is 471 g/mol. The minimum Gasteiger partial charge on any atom is -0.338 e. The van der Waals surface area contributed by atoms with Crippen molar-refractivity contribution in [2.24, 2.45) is 0 Å². The zero-order valence-electron chi connectivity index (χ0n) is 20.1. The molecule has 0 spiro atoms. The molecule has 0 fully saturated rings. The fourth-order valence-corrected chi connectivity index (χ4v) is 4.26. The highest BCUT2D eigenvalue weighted by Gasteiger charge is 2.20. The topological polar surface area (TPSA) is 93.3 Å². The summed E-state index contributed by atoms with van der Waals surface area (Å²) in [6.45, 7) is 13.7. The van der Waals surface area contributed by atoms with Gasteiger partial charge >= 0.3 is 0 Å². The number of para-hydroxylation sites is 1. The molecule has 0 saturated carbocycles. The number of thioether (sulfide) groups is 1. The number of benzene rings is 1. The summed E-state index contributed by atoms with van der Waals surface area (Å²) in [5, 5.41) is 7.89. The third kappa shape index (κ3) is 6.45. The Balaban J connectivity index is 1.74. The average Bonchev–Trinajstić information content (AvgIpc) is 3.26. The molecule has 0 aliphatic heterocycles. The fraction of sp³-hybridized carbons (Fsp3) is 0.500. The van der Waals surface area contributed by atoms with Crippen molar-refractivity contribution in [3.63, 3.8) is 0 Å².